The lowest BCUT2D eigenvalue weighted by Crippen LogP contribution is -1.99. The van der Waals surface area contributed by atoms with E-state index in [2.05, 4.69) is 9.97 Å². The van der Waals surface area contributed by atoms with E-state index < -0.39 is 5.97 Å². The van der Waals surface area contributed by atoms with Crippen molar-refractivity contribution in [1.29, 1.82) is 0 Å². The van der Waals surface area contributed by atoms with Crippen LogP contribution in [-0.4, -0.2) is 35.3 Å². The van der Waals surface area contributed by atoms with Gasteiger partial charge in [0.25, 0.3) is 5.97 Å². The number of nitrogens with zero attached hydrogens (tertiary/aromatic N) is 2. The minimum atomic E-state index is -0.833. The number of ether oxygens (including phenoxy) is 2. The number of fused-ring (bicyclic) bond motifs is 1. The molecule has 0 saturated heterocycles. The van der Waals surface area contributed by atoms with Crippen molar-refractivity contribution in [2.24, 2.45) is 0 Å². The second kappa shape index (κ2) is 8.35. The van der Waals surface area contributed by atoms with Crippen molar-refractivity contribution < 1.29 is 19.4 Å². The summed E-state index contributed by atoms with van der Waals surface area (Å²) in [5, 5.41) is 8.79. The van der Waals surface area contributed by atoms with Gasteiger partial charge in [-0.15, -0.1) is 0 Å². The highest BCUT2D eigenvalue weighted by atomic mass is 35.5. The van der Waals surface area contributed by atoms with Gasteiger partial charge in [0.2, 0.25) is 0 Å². The van der Waals surface area contributed by atoms with Gasteiger partial charge in [-0.05, 0) is 30.3 Å². The Kier molecular flexibility index (Phi) is 6.19. The van der Waals surface area contributed by atoms with E-state index in [1.807, 2.05) is 12.1 Å². The van der Waals surface area contributed by atoms with Crippen LogP contribution < -0.4 is 15.2 Å². The molecule has 0 unspecified atom stereocenters. The van der Waals surface area contributed by atoms with Crippen LogP contribution in [0.15, 0.2) is 36.4 Å². The number of nitrogens with two attached hydrogens (primary N) is 1. The number of methoxy groups -OCH3 is 2. The Hall–Kier alpha value is -3.06. The molecule has 0 aliphatic carbocycles. The van der Waals surface area contributed by atoms with Crippen LogP contribution >= 0.6 is 11.6 Å². The molecule has 0 fully saturated rings. The smallest absolute Gasteiger partial charge is 0.300 e. The lowest BCUT2D eigenvalue weighted by atomic mass is 10.1. The fraction of sp³-hybridized carbons (Fsp3) is 0.167. The summed E-state index contributed by atoms with van der Waals surface area (Å²) in [4.78, 5) is 17.9. The highest BCUT2D eigenvalue weighted by molar-refractivity contribution is 6.30. The maximum atomic E-state index is 9.00. The molecule has 8 heteroatoms. The van der Waals surface area contributed by atoms with Gasteiger partial charge in [0.1, 0.15) is 5.82 Å². The Morgan fingerprint density at radius 3 is 2.15 bits per heavy atom. The molecule has 0 saturated carbocycles. The highest BCUT2D eigenvalue weighted by Crippen LogP contribution is 2.34. The molecule has 0 spiro atoms. The topological polar surface area (TPSA) is 108 Å². The molecule has 0 aliphatic heterocycles. The van der Waals surface area contributed by atoms with Crippen molar-refractivity contribution in [3.63, 3.8) is 0 Å². The molecule has 136 valence electrons. The summed E-state index contributed by atoms with van der Waals surface area (Å²) in [5.74, 6) is 1.27. The van der Waals surface area contributed by atoms with Crippen molar-refractivity contribution in [1.82, 2.24) is 9.97 Å². The van der Waals surface area contributed by atoms with Gasteiger partial charge in [0, 0.05) is 29.0 Å². The predicted octanol–water partition coefficient (Wildman–Crippen LogP) is 3.64. The number of benzene rings is 2. The summed E-state index contributed by atoms with van der Waals surface area (Å²) < 4.78 is 10.6. The first-order chi connectivity index (χ1) is 12.3. The Bertz CT molecular complexity index is 926. The third kappa shape index (κ3) is 4.52. The van der Waals surface area contributed by atoms with Gasteiger partial charge in [-0.2, -0.15) is 0 Å². The van der Waals surface area contributed by atoms with Crippen LogP contribution in [0.3, 0.4) is 0 Å². The van der Waals surface area contributed by atoms with Gasteiger partial charge in [-0.3, -0.25) is 4.79 Å². The third-order valence-corrected chi connectivity index (χ3v) is 3.58. The molecule has 3 rings (SSSR count). The van der Waals surface area contributed by atoms with Crippen molar-refractivity contribution in [2.45, 2.75) is 6.92 Å². The molecule has 26 heavy (non-hydrogen) atoms. The van der Waals surface area contributed by atoms with E-state index >= 15 is 0 Å². The zero-order valence-corrected chi connectivity index (χ0v) is 15.2. The number of carboxylic acid groups (broad SMARTS) is 1. The fourth-order valence-corrected chi connectivity index (χ4v) is 2.33. The standard InChI is InChI=1S/C16H14ClN3O2.C2H4O2/c1-21-13-7-11-12(8-14(13)22-2)19-16(20-15(11)18)9-3-5-10(17)6-4-9;1-2(3)4/h3-8H,1-2H3,(H2,18,19,20);1H3,(H,3,4). The van der Waals surface area contributed by atoms with E-state index in [1.165, 1.54) is 0 Å². The van der Waals surface area contributed by atoms with E-state index in [0.717, 1.165) is 17.9 Å². The molecule has 0 radical (unpaired) electrons. The number of carbonyl (C=O) groups is 1. The van der Waals surface area contributed by atoms with Crippen LogP contribution in [0, 0.1) is 0 Å². The maximum Gasteiger partial charge on any atom is 0.300 e. The molecule has 0 amide bonds. The van der Waals surface area contributed by atoms with E-state index in [9.17, 15) is 0 Å². The summed E-state index contributed by atoms with van der Waals surface area (Å²) in [6, 6.07) is 10.8. The minimum absolute atomic E-state index is 0.385. The van der Waals surface area contributed by atoms with Gasteiger partial charge >= 0.3 is 0 Å². The second-order valence-corrected chi connectivity index (χ2v) is 5.62. The van der Waals surface area contributed by atoms with E-state index in [-0.39, 0.29) is 0 Å². The maximum absolute atomic E-state index is 9.00. The summed E-state index contributed by atoms with van der Waals surface area (Å²) >= 11 is 5.90. The molecule has 2 aromatic carbocycles. The first-order valence-electron chi connectivity index (χ1n) is 7.50. The number of rotatable bonds is 3. The summed E-state index contributed by atoms with van der Waals surface area (Å²) in [6.45, 7) is 1.08. The number of hydrogen-bond acceptors (Lipinski definition) is 6. The number of hydrogen-bond donors (Lipinski definition) is 2. The molecule has 1 heterocycles. The van der Waals surface area contributed by atoms with Gasteiger partial charge < -0.3 is 20.3 Å². The largest absolute Gasteiger partial charge is 0.493 e. The molecular weight excluding hydrogens is 358 g/mol. The highest BCUT2D eigenvalue weighted by Gasteiger charge is 2.12. The molecule has 0 bridgehead atoms. The Balaban J connectivity index is 0.000000552. The molecule has 0 aliphatic rings. The van der Waals surface area contributed by atoms with E-state index in [1.54, 1.807) is 38.5 Å². The monoisotopic (exact) mass is 375 g/mol. The number of aromatic nitrogens is 2. The van der Waals surface area contributed by atoms with Crippen LogP contribution in [0.5, 0.6) is 11.5 Å². The molecular formula is C18H18ClN3O4. The SMILES string of the molecule is CC(=O)O.COc1cc2nc(-c3ccc(Cl)cc3)nc(N)c2cc1OC. The van der Waals surface area contributed by atoms with Crippen LogP contribution in [-0.2, 0) is 4.79 Å². The first-order valence-corrected chi connectivity index (χ1v) is 7.88. The number of carboxylic acids is 1. The van der Waals surface area contributed by atoms with Gasteiger partial charge in [0.15, 0.2) is 17.3 Å². The minimum Gasteiger partial charge on any atom is -0.493 e. The fourth-order valence-electron chi connectivity index (χ4n) is 2.21. The zero-order chi connectivity index (χ0) is 19.3. The molecule has 7 nitrogen and oxygen atoms in total. The van der Waals surface area contributed by atoms with Crippen LogP contribution in [0.2, 0.25) is 5.02 Å². The quantitative estimate of drug-likeness (QED) is 0.719. The number of halogens is 1. The lowest BCUT2D eigenvalue weighted by molar-refractivity contribution is -0.134. The van der Waals surface area contributed by atoms with Crippen molar-refractivity contribution >= 4 is 34.3 Å². The zero-order valence-electron chi connectivity index (χ0n) is 14.5. The molecule has 0 atom stereocenters. The van der Waals surface area contributed by atoms with Crippen molar-refractivity contribution in [3.05, 3.63) is 41.4 Å². The average molecular weight is 376 g/mol. The first kappa shape index (κ1) is 19.3. The molecule has 1 aromatic heterocycles. The average Bonchev–Trinajstić information content (AvgIpc) is 2.60. The van der Waals surface area contributed by atoms with E-state index in [0.29, 0.717) is 33.7 Å². The van der Waals surface area contributed by atoms with Gasteiger partial charge in [0.05, 0.1) is 19.7 Å². The summed E-state index contributed by atoms with van der Waals surface area (Å²) in [5.41, 5.74) is 7.60. The van der Waals surface area contributed by atoms with Gasteiger partial charge in [-0.1, -0.05) is 11.6 Å². The summed E-state index contributed by atoms with van der Waals surface area (Å²) in [6.07, 6.45) is 0. The van der Waals surface area contributed by atoms with Gasteiger partial charge in [-0.25, -0.2) is 9.97 Å². The Morgan fingerprint density at radius 2 is 1.62 bits per heavy atom. The number of anilines is 1. The molecule has 3 N–H and O–H groups in total. The normalized spacial score (nSPS) is 10.0. The Morgan fingerprint density at radius 1 is 1.08 bits per heavy atom. The lowest BCUT2D eigenvalue weighted by Gasteiger charge is -2.11. The summed E-state index contributed by atoms with van der Waals surface area (Å²) in [7, 11) is 3.15. The predicted molar refractivity (Wildman–Crippen MR) is 101 cm³/mol. The van der Waals surface area contributed by atoms with Crippen LogP contribution in [0.4, 0.5) is 5.82 Å². The van der Waals surface area contributed by atoms with Crippen molar-refractivity contribution in [3.8, 4) is 22.9 Å². The van der Waals surface area contributed by atoms with Crippen molar-refractivity contribution in [2.75, 3.05) is 20.0 Å². The third-order valence-electron chi connectivity index (χ3n) is 3.33. The number of nitrogen functional groups attached to an aromatic ring is 1. The Labute approximate surface area is 155 Å². The second-order valence-electron chi connectivity index (χ2n) is 5.18. The van der Waals surface area contributed by atoms with E-state index in [4.69, 9.17) is 36.7 Å². The molecule has 3 aromatic rings. The van der Waals surface area contributed by atoms with Crippen LogP contribution in [0.25, 0.3) is 22.3 Å². The van der Waals surface area contributed by atoms with Crippen LogP contribution in [0.1, 0.15) is 6.92 Å². The number of aliphatic carboxylic acids is 1.